The summed E-state index contributed by atoms with van der Waals surface area (Å²) in [6.07, 6.45) is 0. The number of carbonyl (C=O) groups is 1. The molecule has 0 bridgehead atoms. The Morgan fingerprint density at radius 3 is 2.77 bits per heavy atom. The second-order valence-corrected chi connectivity index (χ2v) is 5.02. The molecular formula is C8H8BrClO2S. The molecule has 1 aromatic heterocycles. The van der Waals surface area contributed by atoms with Crippen molar-refractivity contribution in [2.24, 2.45) is 0 Å². The van der Waals surface area contributed by atoms with Gasteiger partial charge in [-0.1, -0.05) is 0 Å². The summed E-state index contributed by atoms with van der Waals surface area (Å²) in [5.41, 5.74) is 0. The molecule has 0 aliphatic heterocycles. The zero-order valence-corrected chi connectivity index (χ0v) is 10.3. The number of aryl methyl sites for hydroxylation is 1. The van der Waals surface area contributed by atoms with Gasteiger partial charge >= 0.3 is 5.97 Å². The lowest BCUT2D eigenvalue weighted by Crippen LogP contribution is -2.06. The molecule has 0 saturated carbocycles. The maximum atomic E-state index is 11.1. The number of carbonyl (C=O) groups excluding carboxylic acids is 1. The molecule has 0 aromatic carbocycles. The van der Waals surface area contributed by atoms with E-state index >= 15 is 0 Å². The molecule has 0 fully saturated rings. The van der Waals surface area contributed by atoms with E-state index < -0.39 is 11.3 Å². The minimum absolute atomic E-state index is 0.421. The van der Waals surface area contributed by atoms with Crippen molar-refractivity contribution >= 4 is 44.8 Å². The lowest BCUT2D eigenvalue weighted by molar-refractivity contribution is -0.140. The Labute approximate surface area is 94.0 Å². The molecule has 0 amide bonds. The fraction of sp³-hybridized carbons (Fsp3) is 0.375. The normalized spacial score (nSPS) is 12.6. The fourth-order valence-electron chi connectivity index (χ4n) is 0.826. The van der Waals surface area contributed by atoms with Crippen LogP contribution in [-0.4, -0.2) is 13.1 Å². The number of ether oxygens (including phenoxy) is 1. The zero-order chi connectivity index (χ0) is 10.0. The molecule has 72 valence electrons. The molecular weight excluding hydrogens is 276 g/mol. The molecule has 13 heavy (non-hydrogen) atoms. The first kappa shape index (κ1) is 11.0. The van der Waals surface area contributed by atoms with Crippen LogP contribution in [-0.2, 0) is 9.53 Å². The third-order valence-electron chi connectivity index (χ3n) is 1.53. The second kappa shape index (κ2) is 4.44. The molecule has 1 rings (SSSR count). The van der Waals surface area contributed by atoms with Crippen LogP contribution in [0.3, 0.4) is 0 Å². The summed E-state index contributed by atoms with van der Waals surface area (Å²) in [4.78, 5) is 13.0. The topological polar surface area (TPSA) is 26.3 Å². The summed E-state index contributed by atoms with van der Waals surface area (Å²) in [5.74, 6) is -0.421. The largest absolute Gasteiger partial charge is 0.468 e. The summed E-state index contributed by atoms with van der Waals surface area (Å²) in [5, 5.41) is -0.694. The van der Waals surface area contributed by atoms with Crippen LogP contribution in [0, 0.1) is 6.92 Å². The van der Waals surface area contributed by atoms with Crippen molar-refractivity contribution in [1.82, 2.24) is 0 Å². The van der Waals surface area contributed by atoms with E-state index in [0.717, 1.165) is 14.2 Å². The van der Waals surface area contributed by atoms with Crippen LogP contribution < -0.4 is 0 Å². The van der Waals surface area contributed by atoms with E-state index in [2.05, 4.69) is 20.7 Å². The van der Waals surface area contributed by atoms with E-state index in [1.54, 1.807) is 0 Å². The maximum absolute atomic E-state index is 11.1. The Morgan fingerprint density at radius 1 is 1.77 bits per heavy atom. The van der Waals surface area contributed by atoms with Gasteiger partial charge in [0.15, 0.2) is 5.38 Å². The summed E-state index contributed by atoms with van der Waals surface area (Å²) in [6, 6.07) is 1.84. The van der Waals surface area contributed by atoms with Gasteiger partial charge in [-0.3, -0.25) is 4.79 Å². The second-order valence-electron chi connectivity index (χ2n) is 2.44. The number of thiophene rings is 1. The molecule has 0 aliphatic carbocycles. The minimum Gasteiger partial charge on any atom is -0.468 e. The van der Waals surface area contributed by atoms with Gasteiger partial charge in [0.1, 0.15) is 0 Å². The number of esters is 1. The highest BCUT2D eigenvalue weighted by Gasteiger charge is 2.20. The average Bonchev–Trinajstić information content (AvgIpc) is 2.44. The third kappa shape index (κ3) is 2.45. The smallest absolute Gasteiger partial charge is 0.329 e. The molecule has 1 unspecified atom stereocenters. The lowest BCUT2D eigenvalue weighted by Gasteiger charge is -2.02. The van der Waals surface area contributed by atoms with Crippen molar-refractivity contribution in [3.05, 3.63) is 20.3 Å². The van der Waals surface area contributed by atoms with Crippen LogP contribution in [0.1, 0.15) is 15.1 Å². The minimum atomic E-state index is -0.694. The van der Waals surface area contributed by atoms with Gasteiger partial charge < -0.3 is 4.74 Å². The van der Waals surface area contributed by atoms with Crippen molar-refractivity contribution in [1.29, 1.82) is 0 Å². The Bertz CT molecular complexity index is 304. The van der Waals surface area contributed by atoms with Crippen LogP contribution in [0.4, 0.5) is 0 Å². The number of hydrogen-bond donors (Lipinski definition) is 0. The summed E-state index contributed by atoms with van der Waals surface area (Å²) in [6.45, 7) is 1.96. The Hall–Kier alpha value is -0.0600. The van der Waals surface area contributed by atoms with Gasteiger partial charge in [0, 0.05) is 14.2 Å². The number of rotatable bonds is 2. The van der Waals surface area contributed by atoms with E-state index in [1.165, 1.54) is 18.4 Å². The molecule has 1 atom stereocenters. The average molecular weight is 284 g/mol. The lowest BCUT2D eigenvalue weighted by atomic mass is 10.3. The molecule has 1 aromatic rings. The van der Waals surface area contributed by atoms with Crippen LogP contribution in [0.25, 0.3) is 0 Å². The molecule has 2 nitrogen and oxygen atoms in total. The highest BCUT2D eigenvalue weighted by molar-refractivity contribution is 9.10. The Morgan fingerprint density at radius 2 is 2.38 bits per heavy atom. The molecule has 0 aliphatic rings. The summed E-state index contributed by atoms with van der Waals surface area (Å²) < 4.78 is 5.51. The number of halogens is 2. The van der Waals surface area contributed by atoms with Gasteiger partial charge in [0.25, 0.3) is 0 Å². The van der Waals surface area contributed by atoms with Crippen molar-refractivity contribution < 1.29 is 9.53 Å². The van der Waals surface area contributed by atoms with Crippen molar-refractivity contribution in [3.8, 4) is 0 Å². The van der Waals surface area contributed by atoms with Crippen molar-refractivity contribution in [2.75, 3.05) is 7.11 Å². The van der Waals surface area contributed by atoms with Crippen LogP contribution in [0.5, 0.6) is 0 Å². The number of methoxy groups -OCH3 is 1. The molecule has 0 N–H and O–H groups in total. The monoisotopic (exact) mass is 282 g/mol. The van der Waals surface area contributed by atoms with Gasteiger partial charge in [-0.15, -0.1) is 22.9 Å². The molecule has 1 heterocycles. The first-order chi connectivity index (χ1) is 6.06. The van der Waals surface area contributed by atoms with Gasteiger partial charge in [0.05, 0.1) is 7.11 Å². The quantitative estimate of drug-likeness (QED) is 0.615. The molecule has 0 saturated heterocycles. The number of alkyl halides is 1. The SMILES string of the molecule is COC(=O)C(Cl)c1cc(Br)c(C)s1. The fourth-order valence-corrected chi connectivity index (χ4v) is 2.64. The van der Waals surface area contributed by atoms with E-state index in [4.69, 9.17) is 11.6 Å². The summed E-state index contributed by atoms with van der Waals surface area (Å²) in [7, 11) is 1.33. The highest BCUT2D eigenvalue weighted by Crippen LogP contribution is 2.34. The summed E-state index contributed by atoms with van der Waals surface area (Å²) >= 11 is 10.7. The van der Waals surface area contributed by atoms with Gasteiger partial charge in [-0.05, 0) is 28.9 Å². The highest BCUT2D eigenvalue weighted by atomic mass is 79.9. The van der Waals surface area contributed by atoms with Gasteiger partial charge in [0.2, 0.25) is 0 Å². The zero-order valence-electron chi connectivity index (χ0n) is 7.14. The molecule has 0 spiro atoms. The Balaban J connectivity index is 2.89. The van der Waals surface area contributed by atoms with Gasteiger partial charge in [-0.2, -0.15) is 0 Å². The van der Waals surface area contributed by atoms with E-state index in [-0.39, 0.29) is 0 Å². The predicted molar refractivity (Wildman–Crippen MR) is 57.4 cm³/mol. The van der Waals surface area contributed by atoms with Crippen LogP contribution in [0.15, 0.2) is 10.5 Å². The van der Waals surface area contributed by atoms with E-state index in [1.807, 2.05) is 13.0 Å². The van der Waals surface area contributed by atoms with Crippen LogP contribution >= 0.6 is 38.9 Å². The molecule has 0 radical (unpaired) electrons. The molecule has 5 heteroatoms. The predicted octanol–water partition coefficient (Wildman–Crippen LogP) is 3.27. The Kier molecular flexibility index (Phi) is 3.76. The third-order valence-corrected chi connectivity index (χ3v) is 4.28. The maximum Gasteiger partial charge on any atom is 0.329 e. The van der Waals surface area contributed by atoms with Crippen molar-refractivity contribution in [2.45, 2.75) is 12.3 Å². The first-order valence-corrected chi connectivity index (χ1v) is 5.58. The standard InChI is InChI=1S/C8H8BrClO2S/c1-4-5(9)3-6(13-4)7(10)8(11)12-2/h3,7H,1-2H3. The van der Waals surface area contributed by atoms with Crippen LogP contribution in [0.2, 0.25) is 0 Å². The number of hydrogen-bond acceptors (Lipinski definition) is 3. The van der Waals surface area contributed by atoms with E-state index in [9.17, 15) is 4.79 Å². The van der Waals surface area contributed by atoms with E-state index in [0.29, 0.717) is 0 Å². The van der Waals surface area contributed by atoms with Crippen molar-refractivity contribution in [3.63, 3.8) is 0 Å². The van der Waals surface area contributed by atoms with Gasteiger partial charge in [-0.25, -0.2) is 0 Å². The first-order valence-electron chi connectivity index (χ1n) is 3.54.